The standard InChI is InChI=1S/C19H24N4O2/c1-3-16-9-4-5-10-23(16)19-20-13(2)11-17(22-19)21-15-8-6-7-14(12-15)18(24)25/h6-8,11-12,16H,3-5,9-10H2,1-2H3,(H,24,25)(H,20,21,22). The van der Waals surface area contributed by atoms with Crippen molar-refractivity contribution in [2.75, 3.05) is 16.8 Å². The number of aromatic nitrogens is 2. The number of nitrogens with one attached hydrogen (secondary N) is 1. The Kier molecular flexibility index (Phi) is 5.16. The Morgan fingerprint density at radius 1 is 1.32 bits per heavy atom. The Morgan fingerprint density at radius 3 is 2.92 bits per heavy atom. The van der Waals surface area contributed by atoms with Crippen LogP contribution in [0, 0.1) is 6.92 Å². The van der Waals surface area contributed by atoms with Gasteiger partial charge in [0.2, 0.25) is 5.95 Å². The molecule has 0 saturated carbocycles. The Bertz CT molecular complexity index is 763. The number of carbonyl (C=O) groups is 1. The predicted molar refractivity (Wildman–Crippen MR) is 98.7 cm³/mol. The monoisotopic (exact) mass is 340 g/mol. The average molecular weight is 340 g/mol. The molecule has 25 heavy (non-hydrogen) atoms. The highest BCUT2D eigenvalue weighted by atomic mass is 16.4. The fourth-order valence-corrected chi connectivity index (χ4v) is 3.31. The van der Waals surface area contributed by atoms with Crippen LogP contribution < -0.4 is 10.2 Å². The molecule has 0 bridgehead atoms. The minimum Gasteiger partial charge on any atom is -0.478 e. The van der Waals surface area contributed by atoms with Crippen molar-refractivity contribution in [1.29, 1.82) is 0 Å². The van der Waals surface area contributed by atoms with Gasteiger partial charge in [0.05, 0.1) is 5.56 Å². The molecule has 2 heterocycles. The molecule has 2 N–H and O–H groups in total. The summed E-state index contributed by atoms with van der Waals surface area (Å²) in [5.74, 6) is 0.496. The molecule has 2 aromatic rings. The molecule has 0 aliphatic carbocycles. The highest BCUT2D eigenvalue weighted by molar-refractivity contribution is 5.89. The molecule has 1 aliphatic rings. The molecule has 1 atom stereocenters. The van der Waals surface area contributed by atoms with Gasteiger partial charge in [0.25, 0.3) is 0 Å². The number of carboxylic acids is 1. The van der Waals surface area contributed by atoms with Gasteiger partial charge in [-0.1, -0.05) is 13.0 Å². The number of rotatable bonds is 5. The van der Waals surface area contributed by atoms with Crippen molar-refractivity contribution in [3.63, 3.8) is 0 Å². The molecule has 1 fully saturated rings. The van der Waals surface area contributed by atoms with Gasteiger partial charge >= 0.3 is 5.97 Å². The smallest absolute Gasteiger partial charge is 0.335 e. The van der Waals surface area contributed by atoms with Crippen LogP contribution in [0.15, 0.2) is 30.3 Å². The molecule has 1 aliphatic heterocycles. The maximum atomic E-state index is 11.1. The predicted octanol–water partition coefficient (Wildman–Crippen LogP) is 4.00. The van der Waals surface area contributed by atoms with E-state index in [1.165, 1.54) is 12.8 Å². The Hall–Kier alpha value is -2.63. The van der Waals surface area contributed by atoms with Crippen LogP contribution in [0.1, 0.15) is 48.7 Å². The van der Waals surface area contributed by atoms with Gasteiger partial charge in [0.15, 0.2) is 0 Å². The first-order chi connectivity index (χ1) is 12.1. The molecular weight excluding hydrogens is 316 g/mol. The summed E-state index contributed by atoms with van der Waals surface area (Å²) in [7, 11) is 0. The van der Waals surface area contributed by atoms with E-state index in [2.05, 4.69) is 27.1 Å². The van der Waals surface area contributed by atoms with Crippen LogP contribution in [0.3, 0.4) is 0 Å². The second-order valence-electron chi connectivity index (χ2n) is 6.46. The van der Waals surface area contributed by atoms with E-state index < -0.39 is 5.97 Å². The zero-order chi connectivity index (χ0) is 17.8. The molecule has 1 aromatic carbocycles. The molecule has 1 aromatic heterocycles. The average Bonchev–Trinajstić information content (AvgIpc) is 2.61. The molecule has 132 valence electrons. The van der Waals surface area contributed by atoms with Gasteiger partial charge in [0.1, 0.15) is 5.82 Å². The van der Waals surface area contributed by atoms with Crippen molar-refractivity contribution in [2.24, 2.45) is 0 Å². The quantitative estimate of drug-likeness (QED) is 0.857. The van der Waals surface area contributed by atoms with E-state index in [0.717, 1.165) is 31.0 Å². The third-order valence-electron chi connectivity index (χ3n) is 4.58. The van der Waals surface area contributed by atoms with Gasteiger partial charge in [-0.05, 0) is 50.8 Å². The largest absolute Gasteiger partial charge is 0.478 e. The van der Waals surface area contributed by atoms with Crippen molar-refractivity contribution in [3.05, 3.63) is 41.6 Å². The van der Waals surface area contributed by atoms with Gasteiger partial charge in [-0.25, -0.2) is 9.78 Å². The van der Waals surface area contributed by atoms with Gasteiger partial charge in [-0.2, -0.15) is 4.98 Å². The summed E-state index contributed by atoms with van der Waals surface area (Å²) in [6.45, 7) is 5.14. The number of aryl methyl sites for hydroxylation is 1. The summed E-state index contributed by atoms with van der Waals surface area (Å²) >= 11 is 0. The van der Waals surface area contributed by atoms with E-state index in [0.29, 0.717) is 17.5 Å². The molecule has 0 amide bonds. The molecular formula is C19H24N4O2. The molecule has 6 heteroatoms. The Labute approximate surface area is 147 Å². The van der Waals surface area contributed by atoms with E-state index in [-0.39, 0.29) is 5.56 Å². The molecule has 3 rings (SSSR count). The second-order valence-corrected chi connectivity index (χ2v) is 6.46. The van der Waals surface area contributed by atoms with Crippen LogP contribution in [-0.2, 0) is 0 Å². The van der Waals surface area contributed by atoms with E-state index in [4.69, 9.17) is 5.11 Å². The van der Waals surface area contributed by atoms with Crippen molar-refractivity contribution in [3.8, 4) is 0 Å². The van der Waals surface area contributed by atoms with Crippen molar-refractivity contribution in [1.82, 2.24) is 9.97 Å². The minimum absolute atomic E-state index is 0.248. The summed E-state index contributed by atoms with van der Waals surface area (Å²) in [6.07, 6.45) is 4.68. The highest BCUT2D eigenvalue weighted by Crippen LogP contribution is 2.26. The number of piperidine rings is 1. The lowest BCUT2D eigenvalue weighted by Gasteiger charge is -2.35. The summed E-state index contributed by atoms with van der Waals surface area (Å²) in [5.41, 5.74) is 1.84. The second kappa shape index (κ2) is 7.51. The maximum Gasteiger partial charge on any atom is 0.335 e. The lowest BCUT2D eigenvalue weighted by atomic mass is 10.0. The highest BCUT2D eigenvalue weighted by Gasteiger charge is 2.23. The van der Waals surface area contributed by atoms with Crippen molar-refractivity contribution < 1.29 is 9.90 Å². The minimum atomic E-state index is -0.942. The summed E-state index contributed by atoms with van der Waals surface area (Å²) < 4.78 is 0. The zero-order valence-electron chi connectivity index (χ0n) is 14.7. The number of carboxylic acid groups (broad SMARTS) is 1. The fourth-order valence-electron chi connectivity index (χ4n) is 3.31. The van der Waals surface area contributed by atoms with Gasteiger partial charge in [0, 0.05) is 30.0 Å². The van der Waals surface area contributed by atoms with Gasteiger partial charge in [-0.3, -0.25) is 0 Å². The Morgan fingerprint density at radius 2 is 2.16 bits per heavy atom. The van der Waals surface area contributed by atoms with Crippen molar-refractivity contribution >= 4 is 23.4 Å². The van der Waals surface area contributed by atoms with Crippen LogP contribution in [0.4, 0.5) is 17.5 Å². The fraction of sp³-hybridized carbons (Fsp3) is 0.421. The third-order valence-corrected chi connectivity index (χ3v) is 4.58. The SMILES string of the molecule is CCC1CCCCN1c1nc(C)cc(Nc2cccc(C(=O)O)c2)n1. The van der Waals surface area contributed by atoms with Crippen LogP contribution in [0.25, 0.3) is 0 Å². The van der Waals surface area contributed by atoms with Crippen LogP contribution >= 0.6 is 0 Å². The third kappa shape index (κ3) is 4.07. The van der Waals surface area contributed by atoms with Crippen LogP contribution in [0.5, 0.6) is 0 Å². The summed E-state index contributed by atoms with van der Waals surface area (Å²) in [6, 6.07) is 9.09. The van der Waals surface area contributed by atoms with E-state index >= 15 is 0 Å². The lowest BCUT2D eigenvalue weighted by molar-refractivity contribution is 0.0697. The molecule has 1 unspecified atom stereocenters. The van der Waals surface area contributed by atoms with E-state index in [1.54, 1.807) is 18.2 Å². The van der Waals surface area contributed by atoms with E-state index in [9.17, 15) is 4.79 Å². The first-order valence-corrected chi connectivity index (χ1v) is 8.79. The topological polar surface area (TPSA) is 78.4 Å². The molecule has 1 saturated heterocycles. The normalized spacial score (nSPS) is 17.4. The number of anilines is 3. The molecule has 0 spiro atoms. The molecule has 0 radical (unpaired) electrons. The van der Waals surface area contributed by atoms with Crippen LogP contribution in [-0.4, -0.2) is 33.6 Å². The summed E-state index contributed by atoms with van der Waals surface area (Å²) in [4.78, 5) is 22.7. The van der Waals surface area contributed by atoms with Gasteiger partial charge < -0.3 is 15.3 Å². The number of aromatic carboxylic acids is 1. The van der Waals surface area contributed by atoms with Crippen molar-refractivity contribution in [2.45, 2.75) is 45.6 Å². The van der Waals surface area contributed by atoms with Crippen LogP contribution in [0.2, 0.25) is 0 Å². The molecule has 6 nitrogen and oxygen atoms in total. The Balaban J connectivity index is 1.86. The first kappa shape index (κ1) is 17.2. The number of benzene rings is 1. The zero-order valence-corrected chi connectivity index (χ0v) is 14.7. The van der Waals surface area contributed by atoms with Gasteiger partial charge in [-0.15, -0.1) is 0 Å². The maximum absolute atomic E-state index is 11.1. The number of nitrogens with zero attached hydrogens (tertiary/aromatic N) is 3. The lowest BCUT2D eigenvalue weighted by Crippen LogP contribution is -2.40. The van der Waals surface area contributed by atoms with E-state index in [1.807, 2.05) is 19.1 Å². The summed E-state index contributed by atoms with van der Waals surface area (Å²) in [5, 5.41) is 12.3. The first-order valence-electron chi connectivity index (χ1n) is 8.79. The number of hydrogen-bond donors (Lipinski definition) is 2. The number of hydrogen-bond acceptors (Lipinski definition) is 5.